The van der Waals surface area contributed by atoms with Crippen molar-refractivity contribution in [2.75, 3.05) is 20.3 Å². The van der Waals surface area contributed by atoms with Gasteiger partial charge in [0.15, 0.2) is 0 Å². The number of hydrogen-bond acceptors (Lipinski definition) is 4. The molecule has 0 spiro atoms. The minimum atomic E-state index is -0.923. The van der Waals surface area contributed by atoms with Gasteiger partial charge in [0, 0.05) is 7.11 Å². The van der Waals surface area contributed by atoms with Gasteiger partial charge in [0.1, 0.15) is 18.1 Å². The highest BCUT2D eigenvalue weighted by Crippen LogP contribution is 2.50. The van der Waals surface area contributed by atoms with Crippen molar-refractivity contribution in [1.82, 2.24) is 4.90 Å². The zero-order chi connectivity index (χ0) is 18.1. The van der Waals surface area contributed by atoms with E-state index in [0.717, 1.165) is 16.7 Å². The summed E-state index contributed by atoms with van der Waals surface area (Å²) in [7, 11) is 1.59. The van der Waals surface area contributed by atoms with Gasteiger partial charge < -0.3 is 9.47 Å². The standard InChI is InChI=1S/C21H19NO4/c1-25-13-17-12-21(17,16-10-6-3-7-11-16)19(23)22-18(14-26-20(22)24)15-8-4-2-5-9-15/h2-12,18H,13-14H2,1H3/t18-,21-/m1/s1. The zero-order valence-corrected chi connectivity index (χ0v) is 14.4. The van der Waals surface area contributed by atoms with E-state index >= 15 is 0 Å². The molecule has 2 aromatic rings. The van der Waals surface area contributed by atoms with E-state index in [0.29, 0.717) is 6.61 Å². The van der Waals surface area contributed by atoms with Crippen LogP contribution in [0.25, 0.3) is 0 Å². The molecular formula is C21H19NO4. The van der Waals surface area contributed by atoms with Gasteiger partial charge in [-0.1, -0.05) is 66.7 Å². The minimum absolute atomic E-state index is 0.166. The molecule has 26 heavy (non-hydrogen) atoms. The van der Waals surface area contributed by atoms with E-state index in [2.05, 4.69) is 0 Å². The lowest BCUT2D eigenvalue weighted by Crippen LogP contribution is -2.43. The Bertz CT molecular complexity index is 862. The van der Waals surface area contributed by atoms with Gasteiger partial charge in [-0.2, -0.15) is 0 Å². The largest absolute Gasteiger partial charge is 0.446 e. The number of amides is 2. The molecule has 1 fully saturated rings. The number of nitrogens with zero attached hydrogens (tertiary/aromatic N) is 1. The molecule has 0 aromatic heterocycles. The Morgan fingerprint density at radius 3 is 2.46 bits per heavy atom. The lowest BCUT2D eigenvalue weighted by atomic mass is 9.88. The molecule has 1 saturated heterocycles. The number of ether oxygens (including phenoxy) is 2. The second-order valence-corrected chi connectivity index (χ2v) is 6.46. The maximum absolute atomic E-state index is 13.5. The summed E-state index contributed by atoms with van der Waals surface area (Å²) in [5, 5.41) is 0. The van der Waals surface area contributed by atoms with E-state index in [1.807, 2.05) is 66.7 Å². The fraction of sp³-hybridized carbons (Fsp3) is 0.238. The molecule has 2 aliphatic rings. The first-order valence-electron chi connectivity index (χ1n) is 8.50. The van der Waals surface area contributed by atoms with Crippen molar-refractivity contribution in [2.45, 2.75) is 11.5 Å². The molecule has 0 N–H and O–H groups in total. The normalized spacial score (nSPS) is 24.2. The van der Waals surface area contributed by atoms with E-state index in [-0.39, 0.29) is 12.5 Å². The van der Waals surface area contributed by atoms with Crippen molar-refractivity contribution in [3.63, 3.8) is 0 Å². The molecule has 5 heteroatoms. The number of carbonyl (C=O) groups excluding carboxylic acids is 2. The molecule has 0 radical (unpaired) electrons. The molecule has 1 aliphatic carbocycles. The van der Waals surface area contributed by atoms with Crippen molar-refractivity contribution < 1.29 is 19.1 Å². The maximum atomic E-state index is 13.5. The summed E-state index contributed by atoms with van der Waals surface area (Å²) in [5.74, 6) is -0.285. The van der Waals surface area contributed by atoms with E-state index in [1.165, 1.54) is 4.90 Å². The number of methoxy groups -OCH3 is 1. The van der Waals surface area contributed by atoms with Crippen LogP contribution in [0.5, 0.6) is 0 Å². The fourth-order valence-electron chi connectivity index (χ4n) is 3.59. The van der Waals surface area contributed by atoms with E-state index in [4.69, 9.17) is 9.47 Å². The molecule has 2 amide bonds. The monoisotopic (exact) mass is 349 g/mol. The SMILES string of the molecule is COCC1=C[C@@]1(C(=O)N1C(=O)OC[C@@H]1c1ccccc1)c1ccccc1. The quantitative estimate of drug-likeness (QED) is 0.778. The second kappa shape index (κ2) is 6.42. The predicted octanol–water partition coefficient (Wildman–Crippen LogP) is 3.23. The number of rotatable bonds is 5. The van der Waals surface area contributed by atoms with Crippen LogP contribution in [0.3, 0.4) is 0 Å². The van der Waals surface area contributed by atoms with E-state index in [1.54, 1.807) is 7.11 Å². The number of cyclic esters (lactones) is 1. The molecule has 2 atom stereocenters. The second-order valence-electron chi connectivity index (χ2n) is 6.46. The molecule has 1 aliphatic heterocycles. The van der Waals surface area contributed by atoms with Crippen molar-refractivity contribution in [3.05, 3.63) is 83.4 Å². The lowest BCUT2D eigenvalue weighted by Gasteiger charge is -2.27. The van der Waals surface area contributed by atoms with Crippen molar-refractivity contribution in [1.29, 1.82) is 0 Å². The summed E-state index contributed by atoms with van der Waals surface area (Å²) < 4.78 is 10.5. The van der Waals surface area contributed by atoms with Crippen LogP contribution in [0.1, 0.15) is 17.2 Å². The van der Waals surface area contributed by atoms with E-state index < -0.39 is 17.6 Å². The molecule has 1 heterocycles. The summed E-state index contributed by atoms with van der Waals surface area (Å²) in [5.41, 5.74) is 1.66. The van der Waals surface area contributed by atoms with Crippen molar-refractivity contribution >= 4 is 12.0 Å². The Morgan fingerprint density at radius 2 is 1.81 bits per heavy atom. The average molecular weight is 349 g/mol. The maximum Gasteiger partial charge on any atom is 0.417 e. The first-order valence-corrected chi connectivity index (χ1v) is 8.50. The highest BCUT2D eigenvalue weighted by atomic mass is 16.6. The third-order valence-electron chi connectivity index (χ3n) is 4.96. The van der Waals surface area contributed by atoms with Gasteiger partial charge in [0.05, 0.1) is 6.61 Å². The van der Waals surface area contributed by atoms with Gasteiger partial charge in [-0.05, 0) is 16.7 Å². The highest BCUT2D eigenvalue weighted by molar-refractivity contribution is 6.07. The molecule has 2 aromatic carbocycles. The first kappa shape index (κ1) is 16.5. The van der Waals surface area contributed by atoms with Crippen molar-refractivity contribution in [2.24, 2.45) is 0 Å². The van der Waals surface area contributed by atoms with Crippen LogP contribution in [0, 0.1) is 0 Å². The van der Waals surface area contributed by atoms with Crippen LogP contribution in [0.2, 0.25) is 0 Å². The number of benzene rings is 2. The van der Waals surface area contributed by atoms with E-state index in [9.17, 15) is 9.59 Å². The fourth-order valence-corrected chi connectivity index (χ4v) is 3.59. The van der Waals surface area contributed by atoms with Crippen LogP contribution >= 0.6 is 0 Å². The third-order valence-corrected chi connectivity index (χ3v) is 4.96. The van der Waals surface area contributed by atoms with Gasteiger partial charge in [0.2, 0.25) is 0 Å². The van der Waals surface area contributed by atoms with Crippen LogP contribution < -0.4 is 0 Å². The Labute approximate surface area is 151 Å². The molecule has 0 bridgehead atoms. The molecule has 0 saturated carbocycles. The summed E-state index contributed by atoms with van der Waals surface area (Å²) in [6, 6.07) is 18.5. The topological polar surface area (TPSA) is 55.8 Å². The Hall–Kier alpha value is -2.92. The Kier molecular flexibility index (Phi) is 4.09. The average Bonchev–Trinajstić information content (AvgIpc) is 3.28. The van der Waals surface area contributed by atoms with Gasteiger partial charge in [-0.3, -0.25) is 4.79 Å². The lowest BCUT2D eigenvalue weighted by molar-refractivity contribution is -0.131. The number of carbonyl (C=O) groups is 2. The van der Waals surface area contributed by atoms with Gasteiger partial charge in [0.25, 0.3) is 5.91 Å². The third kappa shape index (κ3) is 2.52. The van der Waals surface area contributed by atoms with Gasteiger partial charge >= 0.3 is 6.09 Å². The van der Waals surface area contributed by atoms with Crippen LogP contribution in [-0.2, 0) is 19.7 Å². The minimum Gasteiger partial charge on any atom is -0.446 e. The Balaban J connectivity index is 1.71. The number of imide groups is 1. The predicted molar refractivity (Wildman–Crippen MR) is 95.5 cm³/mol. The Morgan fingerprint density at radius 1 is 1.15 bits per heavy atom. The summed E-state index contributed by atoms with van der Waals surface area (Å²) >= 11 is 0. The number of hydrogen-bond donors (Lipinski definition) is 0. The van der Waals surface area contributed by atoms with Gasteiger partial charge in [-0.25, -0.2) is 9.69 Å². The molecule has 4 rings (SSSR count). The van der Waals surface area contributed by atoms with Crippen LogP contribution in [0.4, 0.5) is 4.79 Å². The summed E-state index contributed by atoms with van der Waals surface area (Å²) in [6.07, 6.45) is 1.28. The molecule has 0 unspecified atom stereocenters. The molecular weight excluding hydrogens is 330 g/mol. The first-order chi connectivity index (χ1) is 12.7. The highest BCUT2D eigenvalue weighted by Gasteiger charge is 2.57. The van der Waals surface area contributed by atoms with Crippen LogP contribution in [0.15, 0.2) is 72.3 Å². The van der Waals surface area contributed by atoms with Crippen molar-refractivity contribution in [3.8, 4) is 0 Å². The zero-order valence-electron chi connectivity index (χ0n) is 14.4. The smallest absolute Gasteiger partial charge is 0.417 e. The van der Waals surface area contributed by atoms with Crippen LogP contribution in [-0.4, -0.2) is 37.2 Å². The molecule has 5 nitrogen and oxygen atoms in total. The molecule has 132 valence electrons. The van der Waals surface area contributed by atoms with Gasteiger partial charge in [-0.15, -0.1) is 0 Å². The summed E-state index contributed by atoms with van der Waals surface area (Å²) in [4.78, 5) is 27.2. The summed E-state index contributed by atoms with van der Waals surface area (Å²) in [6.45, 7) is 0.512.